The highest BCUT2D eigenvalue weighted by Crippen LogP contribution is 2.25. The maximum absolute atomic E-state index is 12.8. The van der Waals surface area contributed by atoms with Gasteiger partial charge < -0.3 is 26.5 Å². The predicted molar refractivity (Wildman–Crippen MR) is 109 cm³/mol. The van der Waals surface area contributed by atoms with Gasteiger partial charge in [0.25, 0.3) is 5.91 Å². The summed E-state index contributed by atoms with van der Waals surface area (Å²) >= 11 is 0. The van der Waals surface area contributed by atoms with E-state index in [1.54, 1.807) is 18.2 Å². The van der Waals surface area contributed by atoms with Crippen LogP contribution in [0.4, 0.5) is 5.69 Å². The molecule has 0 atom stereocenters. The largest absolute Gasteiger partial charge is 0.496 e. The summed E-state index contributed by atoms with van der Waals surface area (Å²) < 4.78 is 5.38. The summed E-state index contributed by atoms with van der Waals surface area (Å²) in [6, 6.07) is 11.2. The Morgan fingerprint density at radius 1 is 1.19 bits per heavy atom. The molecule has 6 heteroatoms. The number of anilines is 1. The van der Waals surface area contributed by atoms with Gasteiger partial charge in [-0.2, -0.15) is 0 Å². The van der Waals surface area contributed by atoms with Crippen LogP contribution in [0.15, 0.2) is 42.6 Å². The van der Waals surface area contributed by atoms with Crippen LogP contribution in [0.5, 0.6) is 5.75 Å². The number of ether oxygens (including phenoxy) is 1. The second-order valence-corrected chi connectivity index (χ2v) is 6.37. The van der Waals surface area contributed by atoms with Crippen molar-refractivity contribution in [3.8, 4) is 5.75 Å². The van der Waals surface area contributed by atoms with Gasteiger partial charge in [-0.1, -0.05) is 12.1 Å². The molecule has 5 N–H and O–H groups in total. The minimum atomic E-state index is -0.238. The number of methoxy groups -OCH3 is 1. The molecule has 27 heavy (non-hydrogen) atoms. The molecule has 1 amide bonds. The van der Waals surface area contributed by atoms with Gasteiger partial charge in [0.2, 0.25) is 0 Å². The van der Waals surface area contributed by atoms with Crippen molar-refractivity contribution in [3.05, 3.63) is 64.9 Å². The van der Waals surface area contributed by atoms with E-state index in [9.17, 15) is 4.79 Å². The van der Waals surface area contributed by atoms with Gasteiger partial charge in [0.05, 0.1) is 12.7 Å². The number of rotatable bonds is 5. The fraction of sp³-hybridized carbons (Fsp3) is 0.238. The van der Waals surface area contributed by atoms with Crippen LogP contribution in [-0.2, 0) is 12.8 Å². The summed E-state index contributed by atoms with van der Waals surface area (Å²) in [5, 5.41) is 13.7. The van der Waals surface area contributed by atoms with Gasteiger partial charge >= 0.3 is 0 Å². The Bertz CT molecular complexity index is 890. The maximum atomic E-state index is 12.8. The average Bonchev–Trinajstić information content (AvgIpc) is 2.93. The van der Waals surface area contributed by atoms with E-state index in [1.165, 1.54) is 30.7 Å². The lowest BCUT2D eigenvalue weighted by Gasteiger charge is -2.13. The Hall–Kier alpha value is -3.12. The third-order valence-corrected chi connectivity index (χ3v) is 4.72. The Morgan fingerprint density at radius 3 is 2.67 bits per heavy atom. The number of fused-ring (bicyclic) bond motifs is 1. The maximum Gasteiger partial charge on any atom is 0.259 e. The second kappa shape index (κ2) is 8.51. The average molecular weight is 364 g/mol. The molecule has 0 radical (unpaired) electrons. The van der Waals surface area contributed by atoms with E-state index < -0.39 is 0 Å². The minimum absolute atomic E-state index is 0.238. The number of carbonyl (C=O) groups is 1. The van der Waals surface area contributed by atoms with Crippen molar-refractivity contribution >= 4 is 23.4 Å². The summed E-state index contributed by atoms with van der Waals surface area (Å²) in [6.45, 7) is 1.93. The zero-order valence-corrected chi connectivity index (χ0v) is 15.3. The lowest BCUT2D eigenvalue weighted by Crippen LogP contribution is -2.16. The minimum Gasteiger partial charge on any atom is -0.496 e. The van der Waals surface area contributed by atoms with E-state index in [4.69, 9.17) is 15.9 Å². The molecule has 6 nitrogen and oxygen atoms in total. The normalized spacial score (nSPS) is 14.0. The van der Waals surface area contributed by atoms with Crippen molar-refractivity contribution in [1.82, 2.24) is 5.32 Å². The van der Waals surface area contributed by atoms with E-state index in [2.05, 4.69) is 16.7 Å². The summed E-state index contributed by atoms with van der Waals surface area (Å²) in [7, 11) is 1.52. The molecule has 0 aromatic heterocycles. The Morgan fingerprint density at radius 2 is 1.96 bits per heavy atom. The lowest BCUT2D eigenvalue weighted by atomic mass is 10.0. The molecule has 2 aromatic carbocycles. The van der Waals surface area contributed by atoms with Crippen molar-refractivity contribution in [2.24, 2.45) is 5.73 Å². The van der Waals surface area contributed by atoms with E-state index in [1.807, 2.05) is 12.1 Å². The molecule has 0 bridgehead atoms. The van der Waals surface area contributed by atoms with Gasteiger partial charge in [-0.25, -0.2) is 0 Å². The number of nitrogens with one attached hydrogen (secondary N) is 3. The smallest absolute Gasteiger partial charge is 0.259 e. The van der Waals surface area contributed by atoms with Crippen molar-refractivity contribution in [2.45, 2.75) is 12.8 Å². The highest BCUT2D eigenvalue weighted by Gasteiger charge is 2.15. The van der Waals surface area contributed by atoms with Crippen molar-refractivity contribution < 1.29 is 9.53 Å². The number of nitrogens with two attached hydrogens (primary N) is 1. The van der Waals surface area contributed by atoms with Gasteiger partial charge in [0.15, 0.2) is 0 Å². The second-order valence-electron chi connectivity index (χ2n) is 6.37. The summed E-state index contributed by atoms with van der Waals surface area (Å²) in [5.41, 5.74) is 10.6. The van der Waals surface area contributed by atoms with E-state index in [0.29, 0.717) is 16.9 Å². The number of hydrogen-bond acceptors (Lipinski definition) is 5. The van der Waals surface area contributed by atoms with Crippen LogP contribution < -0.4 is 21.1 Å². The summed E-state index contributed by atoms with van der Waals surface area (Å²) in [6.07, 6.45) is 4.48. The molecule has 0 saturated carbocycles. The molecule has 0 aliphatic carbocycles. The van der Waals surface area contributed by atoms with Gasteiger partial charge in [-0.3, -0.25) is 4.79 Å². The van der Waals surface area contributed by atoms with Crippen molar-refractivity contribution in [3.63, 3.8) is 0 Å². The summed E-state index contributed by atoms with van der Waals surface area (Å²) in [5.74, 6) is 0.198. The number of hydrogen-bond donors (Lipinski definition) is 4. The third-order valence-electron chi connectivity index (χ3n) is 4.72. The number of allylic oxidation sites excluding steroid dienone is 1. The van der Waals surface area contributed by atoms with Crippen LogP contribution in [0.25, 0.3) is 5.57 Å². The van der Waals surface area contributed by atoms with Crippen LogP contribution in [-0.4, -0.2) is 32.3 Å². The molecular formula is C21H24N4O2. The predicted octanol–water partition coefficient (Wildman–Crippen LogP) is 2.58. The van der Waals surface area contributed by atoms with Crippen molar-refractivity contribution in [1.29, 1.82) is 5.41 Å². The molecule has 1 aliphatic heterocycles. The molecule has 0 spiro atoms. The van der Waals surface area contributed by atoms with Gasteiger partial charge in [-0.05, 0) is 66.9 Å². The number of amides is 1. The molecule has 0 unspecified atom stereocenters. The van der Waals surface area contributed by atoms with E-state index in [0.717, 1.165) is 37.2 Å². The molecule has 0 fully saturated rings. The Kier molecular flexibility index (Phi) is 5.88. The van der Waals surface area contributed by atoms with Crippen LogP contribution in [0.1, 0.15) is 27.0 Å². The summed E-state index contributed by atoms with van der Waals surface area (Å²) in [4.78, 5) is 12.8. The van der Waals surface area contributed by atoms with E-state index in [-0.39, 0.29) is 5.91 Å². The first kappa shape index (κ1) is 18.7. The first-order chi connectivity index (χ1) is 13.2. The van der Waals surface area contributed by atoms with Crippen molar-refractivity contribution in [2.75, 3.05) is 25.5 Å². The zero-order chi connectivity index (χ0) is 19.2. The molecule has 1 aliphatic rings. The van der Waals surface area contributed by atoms with Crippen LogP contribution >= 0.6 is 0 Å². The van der Waals surface area contributed by atoms with Crippen LogP contribution in [0, 0.1) is 5.41 Å². The molecule has 1 heterocycles. The standard InChI is InChI=1S/C21H24N4O2/c1-27-20-11-15(17(12-22)13-23)3-5-19(20)21(26)25-18-4-2-14-6-8-24-9-7-16(14)10-18/h2-5,10-13,22,24H,6-9,23H2,1H3,(H,25,26)/b17-13+,22-12?. The fourth-order valence-electron chi connectivity index (χ4n) is 3.24. The third kappa shape index (κ3) is 4.17. The highest BCUT2D eigenvalue weighted by molar-refractivity contribution is 6.10. The zero-order valence-electron chi connectivity index (χ0n) is 15.3. The number of benzene rings is 2. The lowest BCUT2D eigenvalue weighted by molar-refractivity contribution is 0.102. The van der Waals surface area contributed by atoms with E-state index >= 15 is 0 Å². The topological polar surface area (TPSA) is 100 Å². The molecule has 0 saturated heterocycles. The molecule has 2 aromatic rings. The first-order valence-corrected chi connectivity index (χ1v) is 8.91. The Balaban J connectivity index is 1.84. The Labute approximate surface area is 158 Å². The molecule has 140 valence electrons. The molecular weight excluding hydrogens is 340 g/mol. The quantitative estimate of drug-likeness (QED) is 0.613. The van der Waals surface area contributed by atoms with Crippen LogP contribution in [0.2, 0.25) is 0 Å². The monoisotopic (exact) mass is 364 g/mol. The van der Waals surface area contributed by atoms with Gasteiger partial charge in [-0.15, -0.1) is 0 Å². The number of carbonyl (C=O) groups excluding carboxylic acids is 1. The van der Waals surface area contributed by atoms with Gasteiger partial charge in [0, 0.05) is 23.7 Å². The van der Waals surface area contributed by atoms with Gasteiger partial charge in [0.1, 0.15) is 5.75 Å². The SMILES string of the molecule is COc1cc(/C(C=N)=C/N)ccc1C(=O)Nc1ccc2c(c1)CCNCC2. The fourth-order valence-corrected chi connectivity index (χ4v) is 3.24. The highest BCUT2D eigenvalue weighted by atomic mass is 16.5. The molecule has 3 rings (SSSR count). The van der Waals surface area contributed by atoms with Crippen LogP contribution in [0.3, 0.4) is 0 Å². The first-order valence-electron chi connectivity index (χ1n) is 8.91.